The molecule has 0 atom stereocenters. The Labute approximate surface area is 185 Å². The zero-order chi connectivity index (χ0) is 22.3. The summed E-state index contributed by atoms with van der Waals surface area (Å²) < 4.78 is 44.2. The first-order chi connectivity index (χ1) is 15.5. The molecule has 4 aromatic rings. The number of morpholine rings is 1. The van der Waals surface area contributed by atoms with Crippen molar-refractivity contribution in [3.05, 3.63) is 53.6 Å². The van der Waals surface area contributed by atoms with E-state index < -0.39 is 10.0 Å². The summed E-state index contributed by atoms with van der Waals surface area (Å²) in [5.41, 5.74) is 3.39. The fourth-order valence-corrected chi connectivity index (χ4v) is 5.26. The summed E-state index contributed by atoms with van der Waals surface area (Å²) in [5, 5.41) is 4.78. The second-order valence-electron chi connectivity index (χ2n) is 7.70. The summed E-state index contributed by atoms with van der Waals surface area (Å²) >= 11 is 0. The lowest BCUT2D eigenvalue weighted by Gasteiger charge is -2.26. The molecule has 0 aliphatic carbocycles. The number of aryl methyl sites for hydroxylation is 2. The third-order valence-corrected chi connectivity index (χ3v) is 7.65. The van der Waals surface area contributed by atoms with Crippen molar-refractivity contribution in [1.29, 1.82) is 0 Å². The van der Waals surface area contributed by atoms with Gasteiger partial charge < -0.3 is 13.7 Å². The third-order valence-electron chi connectivity index (χ3n) is 5.76. The molecule has 2 aromatic heterocycles. The van der Waals surface area contributed by atoms with E-state index in [2.05, 4.69) is 17.1 Å². The predicted octanol–water partition coefficient (Wildman–Crippen LogP) is 4.04. The van der Waals surface area contributed by atoms with Gasteiger partial charge >= 0.3 is 0 Å². The Morgan fingerprint density at radius 1 is 1.06 bits per heavy atom. The molecular formula is C23H23N3O5S. The second-order valence-corrected chi connectivity index (χ2v) is 9.64. The smallest absolute Gasteiger partial charge is 0.294 e. The molecule has 0 unspecified atom stereocenters. The fourth-order valence-electron chi connectivity index (χ4n) is 3.82. The largest absolute Gasteiger partial charge is 0.451 e. The summed E-state index contributed by atoms with van der Waals surface area (Å²) in [6.07, 6.45) is 0.958. The second kappa shape index (κ2) is 8.16. The monoisotopic (exact) mass is 453 g/mol. The molecule has 1 fully saturated rings. The highest BCUT2D eigenvalue weighted by atomic mass is 32.2. The van der Waals surface area contributed by atoms with Gasteiger partial charge in [0.1, 0.15) is 5.58 Å². The van der Waals surface area contributed by atoms with Crippen LogP contribution in [0.1, 0.15) is 18.1 Å². The van der Waals surface area contributed by atoms with E-state index in [9.17, 15) is 8.42 Å². The van der Waals surface area contributed by atoms with Gasteiger partial charge in [-0.2, -0.15) is 9.29 Å². The van der Waals surface area contributed by atoms with Gasteiger partial charge in [0.15, 0.2) is 5.76 Å². The van der Waals surface area contributed by atoms with Gasteiger partial charge in [0.25, 0.3) is 5.89 Å². The van der Waals surface area contributed by atoms with Crippen molar-refractivity contribution in [2.45, 2.75) is 25.2 Å². The van der Waals surface area contributed by atoms with Gasteiger partial charge in [0.2, 0.25) is 15.8 Å². The van der Waals surface area contributed by atoms with Crippen molar-refractivity contribution in [2.75, 3.05) is 26.3 Å². The van der Waals surface area contributed by atoms with Crippen LogP contribution in [0.5, 0.6) is 0 Å². The van der Waals surface area contributed by atoms with Gasteiger partial charge in [-0.1, -0.05) is 36.3 Å². The zero-order valence-corrected chi connectivity index (χ0v) is 18.7. The van der Waals surface area contributed by atoms with E-state index in [1.807, 2.05) is 31.2 Å². The van der Waals surface area contributed by atoms with Gasteiger partial charge in [0, 0.05) is 29.6 Å². The van der Waals surface area contributed by atoms with Gasteiger partial charge in [-0.3, -0.25) is 0 Å². The van der Waals surface area contributed by atoms with Crippen molar-refractivity contribution in [2.24, 2.45) is 0 Å². The van der Waals surface area contributed by atoms with Crippen LogP contribution in [0, 0.1) is 6.92 Å². The van der Waals surface area contributed by atoms with E-state index in [4.69, 9.17) is 13.7 Å². The Hall–Kier alpha value is -3.01. The number of rotatable bonds is 5. The highest BCUT2D eigenvalue weighted by Crippen LogP contribution is 2.34. The molecular weight excluding hydrogens is 430 g/mol. The summed E-state index contributed by atoms with van der Waals surface area (Å²) in [4.78, 5) is 4.72. The van der Waals surface area contributed by atoms with Crippen LogP contribution >= 0.6 is 0 Å². The van der Waals surface area contributed by atoms with E-state index in [0.717, 1.165) is 17.5 Å². The summed E-state index contributed by atoms with van der Waals surface area (Å²) in [6.45, 7) is 5.45. The molecule has 2 aromatic carbocycles. The van der Waals surface area contributed by atoms with Crippen molar-refractivity contribution >= 4 is 21.0 Å². The molecule has 32 heavy (non-hydrogen) atoms. The summed E-state index contributed by atoms with van der Waals surface area (Å²) in [5.74, 6) is 1.16. The Balaban J connectivity index is 1.49. The number of fused-ring (bicyclic) bond motifs is 1. The minimum Gasteiger partial charge on any atom is -0.451 e. The van der Waals surface area contributed by atoms with E-state index in [0.29, 0.717) is 48.9 Å². The average Bonchev–Trinajstić information content (AvgIpc) is 3.44. The van der Waals surface area contributed by atoms with Gasteiger partial charge in [-0.25, -0.2) is 8.42 Å². The Bertz CT molecular complexity index is 1370. The summed E-state index contributed by atoms with van der Waals surface area (Å²) in [7, 11) is -3.60. The molecule has 9 heteroatoms. The number of nitrogens with zero attached hydrogens (tertiary/aromatic N) is 3. The van der Waals surface area contributed by atoms with Crippen LogP contribution in [-0.4, -0.2) is 49.2 Å². The molecule has 0 N–H and O–H groups in total. The number of ether oxygens (including phenoxy) is 1. The van der Waals surface area contributed by atoms with Gasteiger partial charge in [-0.15, -0.1) is 0 Å². The van der Waals surface area contributed by atoms with Crippen LogP contribution in [0.25, 0.3) is 34.0 Å². The minimum absolute atomic E-state index is 0.226. The van der Waals surface area contributed by atoms with Crippen LogP contribution in [0.2, 0.25) is 0 Å². The number of benzene rings is 2. The number of sulfonamides is 1. The Morgan fingerprint density at radius 2 is 1.81 bits per heavy atom. The molecule has 166 valence electrons. The molecule has 8 nitrogen and oxygen atoms in total. The number of hydrogen-bond acceptors (Lipinski definition) is 7. The van der Waals surface area contributed by atoms with E-state index in [1.165, 1.54) is 9.87 Å². The lowest BCUT2D eigenvalue weighted by Crippen LogP contribution is -2.40. The normalized spacial score (nSPS) is 15.4. The average molecular weight is 454 g/mol. The van der Waals surface area contributed by atoms with E-state index in [1.54, 1.807) is 18.2 Å². The highest BCUT2D eigenvalue weighted by Gasteiger charge is 2.28. The molecule has 5 rings (SSSR count). The predicted molar refractivity (Wildman–Crippen MR) is 119 cm³/mol. The minimum atomic E-state index is -3.60. The SMILES string of the molecule is CCc1ccc(-c2noc(-c3oc4ccc(S(=O)(=O)N5CCOCC5)cc4c3C)n2)cc1. The molecule has 0 amide bonds. The molecule has 3 heterocycles. The van der Waals surface area contributed by atoms with Crippen LogP contribution in [-0.2, 0) is 21.2 Å². The standard InChI is InChI=1S/C23H23N3O5S/c1-3-16-4-6-17(7-5-16)22-24-23(31-25-22)21-15(2)19-14-18(8-9-20(19)30-21)32(27,28)26-10-12-29-13-11-26/h4-9,14H,3,10-13H2,1-2H3. The molecule has 1 aliphatic rings. The van der Waals surface area contributed by atoms with Crippen LogP contribution in [0.15, 0.2) is 56.3 Å². The Kier molecular flexibility index (Phi) is 5.32. The highest BCUT2D eigenvalue weighted by molar-refractivity contribution is 7.89. The van der Waals surface area contributed by atoms with Crippen LogP contribution < -0.4 is 0 Å². The number of aromatic nitrogens is 2. The molecule has 0 bridgehead atoms. The molecule has 0 saturated carbocycles. The first-order valence-electron chi connectivity index (χ1n) is 10.5. The summed E-state index contributed by atoms with van der Waals surface area (Å²) in [6, 6.07) is 12.9. The third kappa shape index (κ3) is 3.62. The molecule has 0 spiro atoms. The van der Waals surface area contributed by atoms with Crippen molar-refractivity contribution in [1.82, 2.24) is 14.4 Å². The molecule has 1 saturated heterocycles. The maximum absolute atomic E-state index is 13.0. The Morgan fingerprint density at radius 3 is 2.53 bits per heavy atom. The van der Waals surface area contributed by atoms with Gasteiger partial charge in [0.05, 0.1) is 18.1 Å². The van der Waals surface area contributed by atoms with Crippen molar-refractivity contribution < 1.29 is 22.1 Å². The molecule has 1 aliphatic heterocycles. The maximum Gasteiger partial charge on any atom is 0.294 e. The first-order valence-corrected chi connectivity index (χ1v) is 12.0. The van der Waals surface area contributed by atoms with E-state index >= 15 is 0 Å². The van der Waals surface area contributed by atoms with Gasteiger partial charge in [-0.05, 0) is 37.1 Å². The van der Waals surface area contributed by atoms with E-state index in [-0.39, 0.29) is 10.8 Å². The zero-order valence-electron chi connectivity index (χ0n) is 17.9. The van der Waals surface area contributed by atoms with Crippen molar-refractivity contribution in [3.8, 4) is 23.0 Å². The first kappa shape index (κ1) is 20.9. The lowest BCUT2D eigenvalue weighted by molar-refractivity contribution is 0.0730. The number of furan rings is 1. The molecule has 0 radical (unpaired) electrons. The fraction of sp³-hybridized carbons (Fsp3) is 0.304. The van der Waals surface area contributed by atoms with Crippen LogP contribution in [0.4, 0.5) is 0 Å². The quantitative estimate of drug-likeness (QED) is 0.450. The number of hydrogen-bond donors (Lipinski definition) is 0. The topological polar surface area (TPSA) is 98.7 Å². The maximum atomic E-state index is 13.0. The van der Waals surface area contributed by atoms with Crippen molar-refractivity contribution in [3.63, 3.8) is 0 Å². The lowest BCUT2D eigenvalue weighted by atomic mass is 10.1. The van der Waals surface area contributed by atoms with Crippen LogP contribution in [0.3, 0.4) is 0 Å².